The van der Waals surface area contributed by atoms with Crippen LogP contribution in [0, 0.1) is 11.6 Å². The summed E-state index contributed by atoms with van der Waals surface area (Å²) in [4.78, 5) is 5.77. The zero-order chi connectivity index (χ0) is 15.0. The van der Waals surface area contributed by atoms with Gasteiger partial charge >= 0.3 is 0 Å². The summed E-state index contributed by atoms with van der Waals surface area (Å²) in [7, 11) is 0. The first-order valence-corrected chi connectivity index (χ1v) is 8.04. The van der Waals surface area contributed by atoms with Crippen molar-refractivity contribution in [3.05, 3.63) is 40.4 Å². The number of hydrogen-bond donors (Lipinski definition) is 1. The highest BCUT2D eigenvalue weighted by Crippen LogP contribution is 2.33. The van der Waals surface area contributed by atoms with Crippen LogP contribution in [0.2, 0.25) is 0 Å². The molecular weight excluding hydrogens is 290 g/mol. The van der Waals surface area contributed by atoms with Crippen molar-refractivity contribution in [3.63, 3.8) is 0 Å². The lowest BCUT2D eigenvalue weighted by Crippen LogP contribution is -2.15. The molecule has 0 amide bonds. The Labute approximate surface area is 127 Å². The van der Waals surface area contributed by atoms with E-state index < -0.39 is 11.6 Å². The van der Waals surface area contributed by atoms with Gasteiger partial charge in [-0.2, -0.15) is 0 Å². The molecule has 1 fully saturated rings. The lowest BCUT2D eigenvalue weighted by Gasteiger charge is -2.05. The van der Waals surface area contributed by atoms with Crippen molar-refractivity contribution in [3.8, 4) is 10.6 Å². The summed E-state index contributed by atoms with van der Waals surface area (Å²) in [5, 5.41) is 4.16. The molecule has 1 aliphatic rings. The zero-order valence-corrected chi connectivity index (χ0v) is 12.9. The number of nitrogens with zero attached hydrogens (tertiary/aromatic N) is 1. The third kappa shape index (κ3) is 3.47. The fourth-order valence-corrected chi connectivity index (χ4v) is 3.42. The first kappa shape index (κ1) is 14.6. The van der Waals surface area contributed by atoms with Gasteiger partial charge in [0, 0.05) is 29.1 Å². The van der Waals surface area contributed by atoms with Gasteiger partial charge < -0.3 is 5.32 Å². The lowest BCUT2D eigenvalue weighted by molar-refractivity contribution is 0.584. The number of benzene rings is 1. The Kier molecular flexibility index (Phi) is 4.04. The topological polar surface area (TPSA) is 24.9 Å². The molecule has 5 heteroatoms. The summed E-state index contributed by atoms with van der Waals surface area (Å²) >= 11 is 1.52. The SMILES string of the molecule is CC(C)c1nc(-c2cc(F)cc(F)c2)sc1CNC1CC1. The number of nitrogens with one attached hydrogen (secondary N) is 1. The van der Waals surface area contributed by atoms with Crippen LogP contribution in [0.25, 0.3) is 10.6 Å². The molecule has 1 aliphatic carbocycles. The quantitative estimate of drug-likeness (QED) is 0.882. The van der Waals surface area contributed by atoms with Gasteiger partial charge in [0.2, 0.25) is 0 Å². The normalized spacial score (nSPS) is 14.9. The van der Waals surface area contributed by atoms with E-state index in [2.05, 4.69) is 24.1 Å². The van der Waals surface area contributed by atoms with Gasteiger partial charge in [0.05, 0.1) is 5.69 Å². The molecule has 0 unspecified atom stereocenters. The molecule has 1 heterocycles. The largest absolute Gasteiger partial charge is 0.309 e. The molecule has 1 saturated carbocycles. The minimum Gasteiger partial charge on any atom is -0.309 e. The fourth-order valence-electron chi connectivity index (χ4n) is 2.27. The van der Waals surface area contributed by atoms with Gasteiger partial charge in [-0.1, -0.05) is 13.8 Å². The van der Waals surface area contributed by atoms with Crippen LogP contribution >= 0.6 is 11.3 Å². The molecule has 0 aliphatic heterocycles. The summed E-state index contributed by atoms with van der Waals surface area (Å²) in [5.41, 5.74) is 1.53. The Hall–Kier alpha value is -1.33. The number of thiazole rings is 1. The molecule has 1 aromatic carbocycles. The Morgan fingerprint density at radius 2 is 1.90 bits per heavy atom. The number of rotatable bonds is 5. The molecular formula is C16H18F2N2S. The summed E-state index contributed by atoms with van der Waals surface area (Å²) in [6.45, 7) is 4.96. The maximum atomic E-state index is 13.4. The summed E-state index contributed by atoms with van der Waals surface area (Å²) in [6.07, 6.45) is 2.47. The van der Waals surface area contributed by atoms with Crippen LogP contribution in [0.3, 0.4) is 0 Å². The third-order valence-electron chi connectivity index (χ3n) is 3.51. The highest BCUT2D eigenvalue weighted by Gasteiger charge is 2.22. The molecule has 1 N–H and O–H groups in total. The predicted molar refractivity (Wildman–Crippen MR) is 81.4 cm³/mol. The van der Waals surface area contributed by atoms with Crippen LogP contribution < -0.4 is 5.32 Å². The highest BCUT2D eigenvalue weighted by molar-refractivity contribution is 7.15. The predicted octanol–water partition coefficient (Wildman–Crippen LogP) is 4.46. The van der Waals surface area contributed by atoms with Crippen molar-refractivity contribution in [2.75, 3.05) is 0 Å². The molecule has 0 bridgehead atoms. The van der Waals surface area contributed by atoms with Crippen LogP contribution in [-0.2, 0) is 6.54 Å². The van der Waals surface area contributed by atoms with E-state index in [1.165, 1.54) is 36.3 Å². The lowest BCUT2D eigenvalue weighted by atomic mass is 10.1. The van der Waals surface area contributed by atoms with E-state index in [0.717, 1.165) is 23.2 Å². The Morgan fingerprint density at radius 1 is 1.24 bits per heavy atom. The van der Waals surface area contributed by atoms with Crippen molar-refractivity contribution in [2.24, 2.45) is 0 Å². The summed E-state index contributed by atoms with van der Waals surface area (Å²) < 4.78 is 26.7. The first-order valence-electron chi connectivity index (χ1n) is 7.22. The van der Waals surface area contributed by atoms with E-state index in [-0.39, 0.29) is 0 Å². The average Bonchev–Trinajstić information content (AvgIpc) is 3.13. The van der Waals surface area contributed by atoms with Crippen molar-refractivity contribution in [1.29, 1.82) is 0 Å². The van der Waals surface area contributed by atoms with E-state index in [1.807, 2.05) is 0 Å². The maximum absolute atomic E-state index is 13.4. The number of aromatic nitrogens is 1. The minimum absolute atomic E-state index is 0.296. The van der Waals surface area contributed by atoms with E-state index in [0.29, 0.717) is 22.5 Å². The summed E-state index contributed by atoms with van der Waals surface area (Å²) in [6, 6.07) is 4.19. The first-order chi connectivity index (χ1) is 10.0. The highest BCUT2D eigenvalue weighted by atomic mass is 32.1. The zero-order valence-electron chi connectivity index (χ0n) is 12.1. The molecule has 0 radical (unpaired) electrons. The monoisotopic (exact) mass is 308 g/mol. The number of hydrogen-bond acceptors (Lipinski definition) is 3. The van der Waals surface area contributed by atoms with Crippen LogP contribution in [0.4, 0.5) is 8.78 Å². The molecule has 112 valence electrons. The van der Waals surface area contributed by atoms with Gasteiger partial charge in [-0.15, -0.1) is 11.3 Å². The van der Waals surface area contributed by atoms with Crippen LogP contribution in [-0.4, -0.2) is 11.0 Å². The van der Waals surface area contributed by atoms with Crippen molar-refractivity contribution in [1.82, 2.24) is 10.3 Å². The molecule has 0 spiro atoms. The number of halogens is 2. The van der Waals surface area contributed by atoms with E-state index in [1.54, 1.807) is 0 Å². The van der Waals surface area contributed by atoms with E-state index in [9.17, 15) is 8.78 Å². The van der Waals surface area contributed by atoms with Crippen LogP contribution in [0.15, 0.2) is 18.2 Å². The molecule has 21 heavy (non-hydrogen) atoms. The van der Waals surface area contributed by atoms with E-state index in [4.69, 9.17) is 0 Å². The fraction of sp³-hybridized carbons (Fsp3) is 0.438. The molecule has 0 atom stereocenters. The standard InChI is InChI=1S/C16H18F2N2S/c1-9(2)15-14(8-19-13-3-4-13)21-16(20-15)10-5-11(17)7-12(18)6-10/h5-7,9,13,19H,3-4,8H2,1-2H3. The van der Waals surface area contributed by atoms with Crippen LogP contribution in [0.5, 0.6) is 0 Å². The molecule has 2 aromatic rings. The third-order valence-corrected chi connectivity index (χ3v) is 4.63. The molecule has 1 aromatic heterocycles. The Balaban J connectivity index is 1.92. The Bertz CT molecular complexity index is 627. The van der Waals surface area contributed by atoms with Gasteiger partial charge in [-0.25, -0.2) is 13.8 Å². The van der Waals surface area contributed by atoms with Crippen LogP contribution in [0.1, 0.15) is 43.2 Å². The van der Waals surface area contributed by atoms with Crippen molar-refractivity contribution in [2.45, 2.75) is 45.2 Å². The van der Waals surface area contributed by atoms with Gasteiger partial charge in [0.1, 0.15) is 16.6 Å². The second-order valence-corrected chi connectivity index (χ2v) is 6.88. The maximum Gasteiger partial charge on any atom is 0.126 e. The summed E-state index contributed by atoms with van der Waals surface area (Å²) in [5.74, 6) is -0.836. The van der Waals surface area contributed by atoms with Gasteiger partial charge in [-0.3, -0.25) is 0 Å². The minimum atomic E-state index is -0.566. The van der Waals surface area contributed by atoms with Gasteiger partial charge in [0.15, 0.2) is 0 Å². The smallest absolute Gasteiger partial charge is 0.126 e. The van der Waals surface area contributed by atoms with Crippen molar-refractivity contribution >= 4 is 11.3 Å². The average molecular weight is 308 g/mol. The van der Waals surface area contributed by atoms with Gasteiger partial charge in [0.25, 0.3) is 0 Å². The molecule has 2 nitrogen and oxygen atoms in total. The Morgan fingerprint density at radius 3 is 2.48 bits per heavy atom. The van der Waals surface area contributed by atoms with Gasteiger partial charge in [-0.05, 0) is 30.9 Å². The second kappa shape index (κ2) is 5.81. The van der Waals surface area contributed by atoms with Crippen molar-refractivity contribution < 1.29 is 8.78 Å². The molecule has 3 rings (SSSR count). The molecule has 0 saturated heterocycles. The van der Waals surface area contributed by atoms with E-state index >= 15 is 0 Å². The second-order valence-electron chi connectivity index (χ2n) is 5.80.